The lowest BCUT2D eigenvalue weighted by Gasteiger charge is -2.28. The predicted octanol–water partition coefficient (Wildman–Crippen LogP) is 2.86. The maximum Gasteiger partial charge on any atom is 0.225 e. The van der Waals surface area contributed by atoms with E-state index in [0.717, 1.165) is 31.2 Å². The molecule has 6 nitrogen and oxygen atoms in total. The Kier molecular flexibility index (Phi) is 5.69. The minimum Gasteiger partial charge on any atom is -0.374 e. The van der Waals surface area contributed by atoms with Gasteiger partial charge in [-0.25, -0.2) is 0 Å². The zero-order chi connectivity index (χ0) is 20.2. The van der Waals surface area contributed by atoms with Crippen molar-refractivity contribution in [1.82, 2.24) is 10.6 Å². The van der Waals surface area contributed by atoms with Crippen LogP contribution in [-0.2, 0) is 17.8 Å². The van der Waals surface area contributed by atoms with Crippen molar-refractivity contribution in [2.45, 2.75) is 31.7 Å². The van der Waals surface area contributed by atoms with E-state index < -0.39 is 0 Å². The summed E-state index contributed by atoms with van der Waals surface area (Å²) in [6.45, 7) is 2.51. The highest BCUT2D eigenvalue weighted by Gasteiger charge is 2.24. The Balaban J connectivity index is 1.36. The fourth-order valence-corrected chi connectivity index (χ4v) is 4.26. The van der Waals surface area contributed by atoms with E-state index in [1.807, 2.05) is 18.2 Å². The van der Waals surface area contributed by atoms with Gasteiger partial charge in [0, 0.05) is 57.4 Å². The molecule has 2 heterocycles. The Labute approximate surface area is 172 Å². The molecular formula is C23H29N5O. The Hall–Kier alpha value is -3.02. The first-order chi connectivity index (χ1) is 14.1. The van der Waals surface area contributed by atoms with Gasteiger partial charge in [0.1, 0.15) is 0 Å². The van der Waals surface area contributed by atoms with Gasteiger partial charge in [-0.05, 0) is 41.7 Å². The Morgan fingerprint density at radius 2 is 2.10 bits per heavy atom. The number of carbonyl (C=O) groups is 1. The van der Waals surface area contributed by atoms with Crippen LogP contribution in [0, 0.1) is 0 Å². The van der Waals surface area contributed by atoms with Gasteiger partial charge in [-0.1, -0.05) is 30.3 Å². The van der Waals surface area contributed by atoms with Crippen LogP contribution in [0.5, 0.6) is 0 Å². The van der Waals surface area contributed by atoms with Crippen LogP contribution in [0.3, 0.4) is 0 Å². The number of aliphatic imine (C=N–C) groups is 1. The van der Waals surface area contributed by atoms with Crippen LogP contribution in [0.4, 0.5) is 11.4 Å². The van der Waals surface area contributed by atoms with E-state index >= 15 is 0 Å². The fraction of sp³-hybridized carbons (Fsp3) is 0.391. The molecule has 1 atom stereocenters. The molecule has 0 spiro atoms. The number of hydrogen-bond acceptors (Lipinski definition) is 3. The van der Waals surface area contributed by atoms with Crippen molar-refractivity contribution in [2.24, 2.45) is 4.99 Å². The molecule has 0 aromatic heterocycles. The molecule has 1 unspecified atom stereocenters. The SMILES string of the molecule is CN=C(NCc1ccc2c(c1)CCCN2C)NCC1CC(=O)Nc2ccccc21. The van der Waals surface area contributed by atoms with Crippen molar-refractivity contribution in [3.8, 4) is 0 Å². The lowest BCUT2D eigenvalue weighted by Crippen LogP contribution is -2.40. The summed E-state index contributed by atoms with van der Waals surface area (Å²) in [5, 5.41) is 9.74. The van der Waals surface area contributed by atoms with Gasteiger partial charge in [-0.15, -0.1) is 0 Å². The molecule has 0 saturated heterocycles. The highest BCUT2D eigenvalue weighted by Crippen LogP contribution is 2.31. The molecule has 2 aliphatic rings. The number of benzene rings is 2. The Morgan fingerprint density at radius 3 is 2.97 bits per heavy atom. The summed E-state index contributed by atoms with van der Waals surface area (Å²) in [7, 11) is 3.93. The first-order valence-corrected chi connectivity index (χ1v) is 10.3. The largest absolute Gasteiger partial charge is 0.374 e. The van der Waals surface area contributed by atoms with Crippen LogP contribution in [0.2, 0.25) is 0 Å². The molecule has 6 heteroatoms. The predicted molar refractivity (Wildman–Crippen MR) is 119 cm³/mol. The summed E-state index contributed by atoms with van der Waals surface area (Å²) >= 11 is 0. The van der Waals surface area contributed by atoms with Gasteiger partial charge in [0.25, 0.3) is 0 Å². The molecule has 2 aromatic carbocycles. The van der Waals surface area contributed by atoms with Gasteiger partial charge in [-0.3, -0.25) is 9.79 Å². The molecule has 4 rings (SSSR count). The lowest BCUT2D eigenvalue weighted by molar-refractivity contribution is -0.116. The molecule has 0 saturated carbocycles. The molecule has 0 fully saturated rings. The number of rotatable bonds is 4. The maximum atomic E-state index is 12.0. The third kappa shape index (κ3) is 4.36. The van der Waals surface area contributed by atoms with Crippen molar-refractivity contribution in [3.05, 3.63) is 59.2 Å². The quantitative estimate of drug-likeness (QED) is 0.554. The molecule has 3 N–H and O–H groups in total. The van der Waals surface area contributed by atoms with Gasteiger partial charge in [0.2, 0.25) is 5.91 Å². The second-order valence-electron chi connectivity index (χ2n) is 7.83. The summed E-state index contributed by atoms with van der Waals surface area (Å²) in [5.41, 5.74) is 6.11. The molecule has 2 aromatic rings. The number of hydrogen-bond donors (Lipinski definition) is 3. The molecule has 1 amide bonds. The number of carbonyl (C=O) groups excluding carboxylic acids is 1. The summed E-state index contributed by atoms with van der Waals surface area (Å²) < 4.78 is 0. The number of fused-ring (bicyclic) bond motifs is 2. The van der Waals surface area contributed by atoms with Crippen molar-refractivity contribution in [3.63, 3.8) is 0 Å². The molecule has 0 radical (unpaired) electrons. The zero-order valence-electron chi connectivity index (χ0n) is 17.2. The molecule has 29 heavy (non-hydrogen) atoms. The molecular weight excluding hydrogens is 362 g/mol. The smallest absolute Gasteiger partial charge is 0.225 e. The lowest BCUT2D eigenvalue weighted by atomic mass is 9.90. The van der Waals surface area contributed by atoms with Crippen LogP contribution in [-0.4, -0.2) is 39.1 Å². The topological polar surface area (TPSA) is 68.8 Å². The molecule has 152 valence electrons. The van der Waals surface area contributed by atoms with Gasteiger partial charge < -0.3 is 20.9 Å². The van der Waals surface area contributed by atoms with Crippen LogP contribution in [0.25, 0.3) is 0 Å². The van der Waals surface area contributed by atoms with E-state index in [0.29, 0.717) is 13.0 Å². The van der Waals surface area contributed by atoms with Gasteiger partial charge in [0.15, 0.2) is 5.96 Å². The van der Waals surface area contributed by atoms with E-state index in [4.69, 9.17) is 0 Å². The van der Waals surface area contributed by atoms with Gasteiger partial charge >= 0.3 is 0 Å². The van der Waals surface area contributed by atoms with E-state index in [1.165, 1.54) is 28.8 Å². The summed E-state index contributed by atoms with van der Waals surface area (Å²) in [6, 6.07) is 14.7. The van der Waals surface area contributed by atoms with Crippen LogP contribution < -0.4 is 20.9 Å². The second kappa shape index (κ2) is 8.55. The molecule has 0 bridgehead atoms. The average molecular weight is 392 g/mol. The average Bonchev–Trinajstić information content (AvgIpc) is 2.73. The van der Waals surface area contributed by atoms with Crippen molar-refractivity contribution in [1.29, 1.82) is 0 Å². The van der Waals surface area contributed by atoms with E-state index in [9.17, 15) is 4.79 Å². The van der Waals surface area contributed by atoms with E-state index in [-0.39, 0.29) is 11.8 Å². The first kappa shape index (κ1) is 19.3. The molecule has 0 aliphatic carbocycles. The first-order valence-electron chi connectivity index (χ1n) is 10.3. The fourth-order valence-electron chi connectivity index (χ4n) is 4.26. The van der Waals surface area contributed by atoms with Crippen LogP contribution in [0.1, 0.15) is 35.4 Å². The standard InChI is InChI=1S/C23H29N5O/c1-24-23(25-14-16-9-10-21-17(12-16)6-5-11-28(21)2)26-15-18-13-22(29)27-20-8-4-3-7-19(18)20/h3-4,7-10,12,18H,5-6,11,13-15H2,1-2H3,(H,27,29)(H2,24,25,26). The van der Waals surface area contributed by atoms with E-state index in [1.54, 1.807) is 7.05 Å². The summed E-state index contributed by atoms with van der Waals surface area (Å²) in [6.07, 6.45) is 2.84. The van der Waals surface area contributed by atoms with Gasteiger partial charge in [0.05, 0.1) is 0 Å². The van der Waals surface area contributed by atoms with Crippen molar-refractivity contribution >= 4 is 23.2 Å². The zero-order valence-corrected chi connectivity index (χ0v) is 17.2. The third-order valence-corrected chi connectivity index (χ3v) is 5.80. The van der Waals surface area contributed by atoms with Crippen molar-refractivity contribution < 1.29 is 4.79 Å². The minimum atomic E-state index is 0.0671. The molecule has 2 aliphatic heterocycles. The number of nitrogens with one attached hydrogen (secondary N) is 3. The summed E-state index contributed by atoms with van der Waals surface area (Å²) in [5.74, 6) is 0.957. The number of anilines is 2. The number of para-hydroxylation sites is 1. The normalized spacial score (nSPS) is 18.6. The maximum absolute atomic E-state index is 12.0. The second-order valence-corrected chi connectivity index (χ2v) is 7.83. The Morgan fingerprint density at radius 1 is 1.24 bits per heavy atom. The van der Waals surface area contributed by atoms with Crippen molar-refractivity contribution in [2.75, 3.05) is 37.4 Å². The number of amides is 1. The third-order valence-electron chi connectivity index (χ3n) is 5.80. The minimum absolute atomic E-state index is 0.0671. The number of nitrogens with zero attached hydrogens (tertiary/aromatic N) is 2. The van der Waals surface area contributed by atoms with E-state index in [2.05, 4.69) is 57.2 Å². The van der Waals surface area contributed by atoms with Gasteiger partial charge in [-0.2, -0.15) is 0 Å². The summed E-state index contributed by atoms with van der Waals surface area (Å²) in [4.78, 5) is 18.7. The Bertz CT molecular complexity index is 923. The van der Waals surface area contributed by atoms with Crippen LogP contribution in [0.15, 0.2) is 47.5 Å². The highest BCUT2D eigenvalue weighted by atomic mass is 16.1. The highest BCUT2D eigenvalue weighted by molar-refractivity contribution is 5.94. The number of guanidine groups is 1. The van der Waals surface area contributed by atoms with Crippen LogP contribution >= 0.6 is 0 Å². The number of aryl methyl sites for hydroxylation is 1. The monoisotopic (exact) mass is 391 g/mol.